The van der Waals surface area contributed by atoms with Gasteiger partial charge in [0.1, 0.15) is 11.5 Å². The summed E-state index contributed by atoms with van der Waals surface area (Å²) in [4.78, 5) is 27.5. The third-order valence-electron chi connectivity index (χ3n) is 3.56. The van der Waals surface area contributed by atoms with E-state index >= 15 is 0 Å². The Morgan fingerprint density at radius 1 is 1.19 bits per heavy atom. The van der Waals surface area contributed by atoms with Crippen LogP contribution < -0.4 is 0 Å². The minimum atomic E-state index is -0.288. The van der Waals surface area contributed by atoms with Crippen LogP contribution in [-0.2, 0) is 4.79 Å². The highest BCUT2D eigenvalue weighted by molar-refractivity contribution is 6.00. The van der Waals surface area contributed by atoms with E-state index in [-0.39, 0.29) is 41.8 Å². The molecule has 1 aromatic rings. The first kappa shape index (κ1) is 15.3. The van der Waals surface area contributed by atoms with Crippen molar-refractivity contribution in [3.05, 3.63) is 23.8 Å². The molecule has 114 valence electrons. The van der Waals surface area contributed by atoms with Gasteiger partial charge in [0.15, 0.2) is 5.78 Å². The SMILES string of the molecule is CN(CC(=O)c1ccc(O)cc1O)CC(=O)N1CCCC1. The van der Waals surface area contributed by atoms with Gasteiger partial charge in [0.25, 0.3) is 0 Å². The Kier molecular flexibility index (Phi) is 4.80. The molecular formula is C15H20N2O4. The summed E-state index contributed by atoms with van der Waals surface area (Å²) in [7, 11) is 1.70. The van der Waals surface area contributed by atoms with E-state index < -0.39 is 0 Å². The minimum Gasteiger partial charge on any atom is -0.508 e. The number of phenols is 2. The average Bonchev–Trinajstić information content (AvgIpc) is 2.91. The molecule has 6 heteroatoms. The molecule has 0 aliphatic carbocycles. The lowest BCUT2D eigenvalue weighted by Gasteiger charge is -2.20. The summed E-state index contributed by atoms with van der Waals surface area (Å²) < 4.78 is 0. The number of hydrogen-bond acceptors (Lipinski definition) is 5. The van der Waals surface area contributed by atoms with Gasteiger partial charge in [0.2, 0.25) is 5.91 Å². The number of nitrogens with zero attached hydrogens (tertiary/aromatic N) is 2. The predicted molar refractivity (Wildman–Crippen MR) is 77.4 cm³/mol. The van der Waals surface area contributed by atoms with Crippen molar-refractivity contribution in [1.82, 2.24) is 9.80 Å². The molecule has 6 nitrogen and oxygen atoms in total. The molecule has 2 rings (SSSR count). The number of likely N-dealkylation sites (tertiary alicyclic amines) is 1. The summed E-state index contributed by atoms with van der Waals surface area (Å²) in [6.45, 7) is 1.81. The number of carbonyl (C=O) groups is 2. The fourth-order valence-electron chi connectivity index (χ4n) is 2.44. The van der Waals surface area contributed by atoms with Crippen LogP contribution in [0.25, 0.3) is 0 Å². The largest absolute Gasteiger partial charge is 0.508 e. The van der Waals surface area contributed by atoms with Crippen molar-refractivity contribution in [2.75, 3.05) is 33.2 Å². The Morgan fingerprint density at radius 3 is 2.48 bits per heavy atom. The molecule has 1 aliphatic heterocycles. The zero-order valence-corrected chi connectivity index (χ0v) is 12.1. The van der Waals surface area contributed by atoms with Gasteiger partial charge in [-0.1, -0.05) is 0 Å². The lowest BCUT2D eigenvalue weighted by atomic mass is 10.1. The maximum Gasteiger partial charge on any atom is 0.236 e. The van der Waals surface area contributed by atoms with Crippen LogP contribution in [0.3, 0.4) is 0 Å². The van der Waals surface area contributed by atoms with E-state index in [1.807, 2.05) is 0 Å². The minimum absolute atomic E-state index is 0.0257. The number of benzene rings is 1. The average molecular weight is 292 g/mol. The monoisotopic (exact) mass is 292 g/mol. The fraction of sp³-hybridized carbons (Fsp3) is 0.467. The van der Waals surface area contributed by atoms with Crippen molar-refractivity contribution in [3.63, 3.8) is 0 Å². The van der Waals surface area contributed by atoms with E-state index in [2.05, 4.69) is 0 Å². The van der Waals surface area contributed by atoms with E-state index in [1.165, 1.54) is 12.1 Å². The van der Waals surface area contributed by atoms with Gasteiger partial charge in [-0.3, -0.25) is 14.5 Å². The van der Waals surface area contributed by atoms with Gasteiger partial charge in [-0.2, -0.15) is 0 Å². The van der Waals surface area contributed by atoms with E-state index in [0.717, 1.165) is 32.0 Å². The molecule has 0 atom stereocenters. The molecule has 2 N–H and O–H groups in total. The maximum atomic E-state index is 12.1. The fourth-order valence-corrected chi connectivity index (χ4v) is 2.44. The number of aromatic hydroxyl groups is 2. The van der Waals surface area contributed by atoms with Crippen molar-refractivity contribution < 1.29 is 19.8 Å². The second kappa shape index (κ2) is 6.58. The first-order valence-corrected chi connectivity index (χ1v) is 6.99. The van der Waals surface area contributed by atoms with Crippen LogP contribution in [0.15, 0.2) is 18.2 Å². The van der Waals surface area contributed by atoms with Gasteiger partial charge in [-0.25, -0.2) is 0 Å². The van der Waals surface area contributed by atoms with Crippen LogP contribution in [0.5, 0.6) is 11.5 Å². The molecule has 1 aromatic carbocycles. The Labute approximate surface area is 123 Å². The smallest absolute Gasteiger partial charge is 0.236 e. The van der Waals surface area contributed by atoms with Crippen molar-refractivity contribution in [1.29, 1.82) is 0 Å². The maximum absolute atomic E-state index is 12.1. The standard InChI is InChI=1S/C15H20N2O4/c1-16(10-15(21)17-6-2-3-7-17)9-14(20)12-5-4-11(18)8-13(12)19/h4-5,8,18-19H,2-3,6-7,9-10H2,1H3. The highest BCUT2D eigenvalue weighted by atomic mass is 16.3. The molecule has 1 heterocycles. The molecule has 1 amide bonds. The van der Waals surface area contributed by atoms with Crippen LogP contribution in [0.2, 0.25) is 0 Å². The number of rotatable bonds is 5. The lowest BCUT2D eigenvalue weighted by Crippen LogP contribution is -2.39. The Balaban J connectivity index is 1.90. The molecule has 0 spiro atoms. The molecule has 0 radical (unpaired) electrons. The molecule has 1 aliphatic rings. The second-order valence-electron chi connectivity index (χ2n) is 5.38. The topological polar surface area (TPSA) is 81.1 Å². The van der Waals surface area contributed by atoms with Gasteiger partial charge in [-0.05, 0) is 32.0 Å². The Bertz CT molecular complexity index is 538. The van der Waals surface area contributed by atoms with Crippen LogP contribution in [0, 0.1) is 0 Å². The number of phenolic OH excluding ortho intramolecular Hbond substituents is 2. The van der Waals surface area contributed by atoms with Gasteiger partial charge < -0.3 is 15.1 Å². The summed E-state index contributed by atoms with van der Waals surface area (Å²) in [5.74, 6) is -0.608. The van der Waals surface area contributed by atoms with Crippen LogP contribution in [0.1, 0.15) is 23.2 Å². The van der Waals surface area contributed by atoms with Crippen molar-refractivity contribution in [3.8, 4) is 11.5 Å². The first-order chi connectivity index (χ1) is 9.97. The summed E-state index contributed by atoms with van der Waals surface area (Å²) in [5.41, 5.74) is 0.147. The van der Waals surface area contributed by atoms with Crippen molar-refractivity contribution in [2.24, 2.45) is 0 Å². The van der Waals surface area contributed by atoms with Gasteiger partial charge in [0, 0.05) is 19.2 Å². The Morgan fingerprint density at radius 2 is 1.86 bits per heavy atom. The predicted octanol–water partition coefficient (Wildman–Crippen LogP) is 0.835. The highest BCUT2D eigenvalue weighted by Gasteiger charge is 2.21. The zero-order chi connectivity index (χ0) is 15.4. The van der Waals surface area contributed by atoms with E-state index in [1.54, 1.807) is 16.8 Å². The summed E-state index contributed by atoms with van der Waals surface area (Å²) >= 11 is 0. The normalized spacial score (nSPS) is 14.7. The van der Waals surface area contributed by atoms with E-state index in [4.69, 9.17) is 0 Å². The lowest BCUT2D eigenvalue weighted by molar-refractivity contribution is -0.130. The first-order valence-electron chi connectivity index (χ1n) is 6.99. The number of hydrogen-bond donors (Lipinski definition) is 2. The van der Waals surface area contributed by atoms with Crippen LogP contribution >= 0.6 is 0 Å². The summed E-state index contributed by atoms with van der Waals surface area (Å²) in [6, 6.07) is 3.86. The molecule has 1 saturated heterocycles. The summed E-state index contributed by atoms with van der Waals surface area (Å²) in [6.07, 6.45) is 2.07. The molecule has 1 fully saturated rings. The van der Waals surface area contributed by atoms with E-state index in [0.29, 0.717) is 0 Å². The number of likely N-dealkylation sites (N-methyl/N-ethyl adjacent to an activating group) is 1. The third-order valence-corrected chi connectivity index (χ3v) is 3.56. The van der Waals surface area contributed by atoms with Crippen molar-refractivity contribution >= 4 is 11.7 Å². The molecular weight excluding hydrogens is 272 g/mol. The number of amides is 1. The van der Waals surface area contributed by atoms with Crippen LogP contribution in [-0.4, -0.2) is 64.9 Å². The van der Waals surface area contributed by atoms with Crippen molar-refractivity contribution in [2.45, 2.75) is 12.8 Å². The van der Waals surface area contributed by atoms with Gasteiger partial charge in [0.05, 0.1) is 18.7 Å². The quantitative estimate of drug-likeness (QED) is 0.786. The van der Waals surface area contributed by atoms with E-state index in [9.17, 15) is 19.8 Å². The molecule has 0 aromatic heterocycles. The zero-order valence-electron chi connectivity index (χ0n) is 12.1. The highest BCUT2D eigenvalue weighted by Crippen LogP contribution is 2.23. The second-order valence-corrected chi connectivity index (χ2v) is 5.38. The number of ketones is 1. The van der Waals surface area contributed by atoms with Crippen LogP contribution in [0.4, 0.5) is 0 Å². The molecule has 0 unspecified atom stereocenters. The molecule has 0 saturated carbocycles. The Hall–Kier alpha value is -2.08. The molecule has 21 heavy (non-hydrogen) atoms. The van der Waals surface area contributed by atoms with Gasteiger partial charge >= 0.3 is 0 Å². The third kappa shape index (κ3) is 3.95. The number of Topliss-reactive ketones (excluding diaryl/α,β-unsaturated/α-hetero) is 1. The number of carbonyl (C=O) groups excluding carboxylic acids is 2. The summed E-state index contributed by atoms with van der Waals surface area (Å²) in [5, 5.41) is 18.9. The molecule has 0 bridgehead atoms. The van der Waals surface area contributed by atoms with Gasteiger partial charge in [-0.15, -0.1) is 0 Å².